The molecule has 1 aromatic rings. The minimum Gasteiger partial charge on any atom is -0.489 e. The summed E-state index contributed by atoms with van der Waals surface area (Å²) in [6.45, 7) is 15.8. The molecule has 0 N–H and O–H groups in total. The second kappa shape index (κ2) is 6.70. The molecule has 0 amide bonds. The van der Waals surface area contributed by atoms with Crippen molar-refractivity contribution < 1.29 is 4.74 Å². The van der Waals surface area contributed by atoms with E-state index in [1.54, 1.807) is 5.20 Å². The summed E-state index contributed by atoms with van der Waals surface area (Å²) < 4.78 is 5.97. The van der Waals surface area contributed by atoms with E-state index in [2.05, 4.69) is 64.7 Å². The highest BCUT2D eigenvalue weighted by Crippen LogP contribution is 2.33. The molecular weight excluding hydrogens is 284 g/mol. The van der Waals surface area contributed by atoms with Crippen LogP contribution in [0, 0.1) is 13.8 Å². The van der Waals surface area contributed by atoms with Crippen LogP contribution in [0.5, 0.6) is 5.75 Å². The van der Waals surface area contributed by atoms with Crippen LogP contribution >= 0.6 is 0 Å². The Morgan fingerprint density at radius 3 is 2.55 bits per heavy atom. The number of hydrogen-bond acceptors (Lipinski definition) is 1. The number of allylic oxidation sites excluding steroid dienone is 4. The Balaban J connectivity index is 2.31. The van der Waals surface area contributed by atoms with Crippen LogP contribution in [0.15, 0.2) is 47.7 Å². The first-order valence-corrected chi connectivity index (χ1v) is 11.3. The number of benzene rings is 1. The summed E-state index contributed by atoms with van der Waals surface area (Å²) in [4.78, 5) is 0. The number of rotatable bonds is 6. The van der Waals surface area contributed by atoms with Gasteiger partial charge >= 0.3 is 0 Å². The molecule has 0 saturated carbocycles. The second-order valence-electron chi connectivity index (χ2n) is 7.05. The summed E-state index contributed by atoms with van der Waals surface area (Å²) in [5.41, 5.74) is 5.33. The van der Waals surface area contributed by atoms with Crippen LogP contribution in [0.1, 0.15) is 30.0 Å². The van der Waals surface area contributed by atoms with E-state index < -0.39 is 8.07 Å². The third kappa shape index (κ3) is 3.80. The third-order valence-electron chi connectivity index (χ3n) is 4.39. The fourth-order valence-electron chi connectivity index (χ4n) is 3.25. The van der Waals surface area contributed by atoms with Gasteiger partial charge in [0.05, 0.1) is 8.07 Å². The molecule has 0 aliphatic heterocycles. The topological polar surface area (TPSA) is 9.23 Å². The van der Waals surface area contributed by atoms with Gasteiger partial charge in [0.2, 0.25) is 0 Å². The lowest BCUT2D eigenvalue weighted by Crippen LogP contribution is -2.32. The highest BCUT2D eigenvalue weighted by molar-refractivity contribution is 6.83. The van der Waals surface area contributed by atoms with Gasteiger partial charge in [-0.15, -0.1) is 0 Å². The van der Waals surface area contributed by atoms with Crippen LogP contribution in [-0.2, 0) is 6.04 Å². The number of hydrogen-bond donors (Lipinski definition) is 0. The normalized spacial score (nSPS) is 14.6. The Labute approximate surface area is 136 Å². The van der Waals surface area contributed by atoms with Crippen LogP contribution in [-0.4, -0.2) is 14.7 Å². The van der Waals surface area contributed by atoms with Crippen molar-refractivity contribution in [3.05, 3.63) is 64.4 Å². The van der Waals surface area contributed by atoms with E-state index in [4.69, 9.17) is 4.74 Å². The van der Waals surface area contributed by atoms with Crippen molar-refractivity contribution in [2.45, 2.75) is 46.3 Å². The lowest BCUT2D eigenvalue weighted by Gasteiger charge is -2.26. The third-order valence-corrected chi connectivity index (χ3v) is 7.74. The molecule has 0 unspecified atom stereocenters. The van der Waals surface area contributed by atoms with Gasteiger partial charge < -0.3 is 4.74 Å². The second-order valence-corrected chi connectivity index (χ2v) is 11.8. The molecule has 0 bridgehead atoms. The van der Waals surface area contributed by atoms with Crippen molar-refractivity contribution in [3.8, 4) is 5.75 Å². The highest BCUT2D eigenvalue weighted by atomic mass is 28.3. The lowest BCUT2D eigenvalue weighted by atomic mass is 10.1. The highest BCUT2D eigenvalue weighted by Gasteiger charge is 2.29. The molecule has 0 atom stereocenters. The van der Waals surface area contributed by atoms with Crippen LogP contribution in [0.2, 0.25) is 13.1 Å². The minimum absolute atomic E-state index is 0.572. The van der Waals surface area contributed by atoms with E-state index in [0.29, 0.717) is 6.61 Å². The maximum atomic E-state index is 5.97. The largest absolute Gasteiger partial charge is 0.489 e. The van der Waals surface area contributed by atoms with E-state index in [0.717, 1.165) is 18.2 Å². The average Bonchev–Trinajstić information content (AvgIpc) is 2.85. The number of aryl methyl sites for hydroxylation is 2. The van der Waals surface area contributed by atoms with Gasteiger partial charge in [-0.05, 0) is 44.4 Å². The summed E-state index contributed by atoms with van der Waals surface area (Å²) in [6, 6.07) is 5.64. The molecule has 0 heterocycles. The molecular formula is C20H28OSi. The first-order chi connectivity index (χ1) is 10.3. The fourth-order valence-corrected chi connectivity index (χ4v) is 5.96. The van der Waals surface area contributed by atoms with Gasteiger partial charge in [0.25, 0.3) is 0 Å². The summed E-state index contributed by atoms with van der Waals surface area (Å²) in [7, 11) is -1.47. The maximum Gasteiger partial charge on any atom is 0.125 e. The van der Waals surface area contributed by atoms with E-state index >= 15 is 0 Å². The van der Waals surface area contributed by atoms with E-state index in [-0.39, 0.29) is 0 Å². The fraction of sp³-hybridized carbons (Fsp3) is 0.400. The Hall–Kier alpha value is -1.54. The molecule has 0 fully saturated rings. The quantitative estimate of drug-likeness (QED) is 0.499. The molecule has 0 radical (unpaired) electrons. The predicted octanol–water partition coefficient (Wildman–Crippen LogP) is 5.47. The zero-order chi connectivity index (χ0) is 16.3. The van der Waals surface area contributed by atoms with Gasteiger partial charge in [0.1, 0.15) is 12.4 Å². The summed E-state index contributed by atoms with van der Waals surface area (Å²) >= 11 is 0. The molecule has 1 aromatic carbocycles. The van der Waals surface area contributed by atoms with Crippen molar-refractivity contribution in [2.24, 2.45) is 0 Å². The van der Waals surface area contributed by atoms with Crippen LogP contribution < -0.4 is 4.74 Å². The molecule has 2 rings (SSSR count). The van der Waals surface area contributed by atoms with Crippen molar-refractivity contribution in [1.29, 1.82) is 0 Å². The first-order valence-electron chi connectivity index (χ1n) is 8.05. The molecule has 1 aliphatic carbocycles. The van der Waals surface area contributed by atoms with Crippen molar-refractivity contribution in [1.82, 2.24) is 0 Å². The maximum absolute atomic E-state index is 5.97. The SMILES string of the molecule is C=CCOc1c(C)cc(C)cc1C[Si](C)(C)C1=CC(C)=CC1. The van der Waals surface area contributed by atoms with Gasteiger partial charge in [0.15, 0.2) is 0 Å². The van der Waals surface area contributed by atoms with Crippen LogP contribution in [0.25, 0.3) is 0 Å². The Kier molecular flexibility index (Phi) is 5.12. The van der Waals surface area contributed by atoms with Gasteiger partial charge in [-0.1, -0.05) is 66.4 Å². The van der Waals surface area contributed by atoms with Gasteiger partial charge in [-0.3, -0.25) is 0 Å². The van der Waals surface area contributed by atoms with Gasteiger partial charge in [-0.2, -0.15) is 0 Å². The Bertz CT molecular complexity index is 635. The summed E-state index contributed by atoms with van der Waals surface area (Å²) in [5.74, 6) is 1.06. The van der Waals surface area contributed by atoms with Gasteiger partial charge in [-0.25, -0.2) is 0 Å². The zero-order valence-electron chi connectivity index (χ0n) is 14.6. The lowest BCUT2D eigenvalue weighted by molar-refractivity contribution is 0.357. The van der Waals surface area contributed by atoms with Crippen molar-refractivity contribution >= 4 is 8.07 Å². The van der Waals surface area contributed by atoms with Crippen LogP contribution in [0.3, 0.4) is 0 Å². The van der Waals surface area contributed by atoms with Crippen molar-refractivity contribution in [3.63, 3.8) is 0 Å². The molecule has 2 heteroatoms. The monoisotopic (exact) mass is 312 g/mol. The summed E-state index contributed by atoms with van der Waals surface area (Å²) in [6.07, 6.45) is 7.71. The molecule has 22 heavy (non-hydrogen) atoms. The first kappa shape index (κ1) is 16.8. The standard InChI is InChI=1S/C20H28OSi/c1-7-10-21-20-17(4)11-16(3)12-18(20)14-22(5,6)19-9-8-15(2)13-19/h7-8,11-13H,1,9-10,14H2,2-6H3. The van der Waals surface area contributed by atoms with Crippen LogP contribution in [0.4, 0.5) is 0 Å². The van der Waals surface area contributed by atoms with Gasteiger partial charge in [0, 0.05) is 0 Å². The molecule has 1 aliphatic rings. The molecule has 118 valence electrons. The zero-order valence-corrected chi connectivity index (χ0v) is 15.6. The molecule has 1 nitrogen and oxygen atoms in total. The van der Waals surface area contributed by atoms with E-state index in [9.17, 15) is 0 Å². The number of ether oxygens (including phenoxy) is 1. The molecule has 0 aromatic heterocycles. The molecule has 0 saturated heterocycles. The van der Waals surface area contributed by atoms with Crippen molar-refractivity contribution in [2.75, 3.05) is 6.61 Å². The smallest absolute Gasteiger partial charge is 0.125 e. The minimum atomic E-state index is -1.47. The Morgan fingerprint density at radius 2 is 1.95 bits per heavy atom. The van der Waals surface area contributed by atoms with E-state index in [1.165, 1.54) is 22.3 Å². The average molecular weight is 313 g/mol. The summed E-state index contributed by atoms with van der Waals surface area (Å²) in [5, 5.41) is 1.65. The molecule has 0 spiro atoms. The Morgan fingerprint density at radius 1 is 1.23 bits per heavy atom. The predicted molar refractivity (Wildman–Crippen MR) is 99.3 cm³/mol. The van der Waals surface area contributed by atoms with E-state index in [1.807, 2.05) is 6.08 Å².